The molecule has 1 saturated heterocycles. The highest BCUT2D eigenvalue weighted by Gasteiger charge is 2.22. The van der Waals surface area contributed by atoms with Crippen molar-refractivity contribution in [3.05, 3.63) is 63.1 Å². The summed E-state index contributed by atoms with van der Waals surface area (Å²) in [6, 6.07) is 12.3. The fraction of sp³-hybridized carbons (Fsp3) is 0.263. The Labute approximate surface area is 172 Å². The standard InChI is InChI=1S/C19H18Cl3N3O2/c20-14-2-1-3-15(11-14)24-6-8-25(9-7-24)18(26)12-23-19(27)13-4-5-16(21)17(22)10-13/h1-5,10-11H,6-9,12H2,(H,23,27). The SMILES string of the molecule is O=C(NCC(=O)N1CCN(c2cccc(Cl)c2)CC1)c1ccc(Cl)c(Cl)c1. The van der Waals surface area contributed by atoms with Crippen molar-refractivity contribution in [3.63, 3.8) is 0 Å². The molecule has 27 heavy (non-hydrogen) atoms. The van der Waals surface area contributed by atoms with Gasteiger partial charge >= 0.3 is 0 Å². The smallest absolute Gasteiger partial charge is 0.251 e. The molecule has 0 saturated carbocycles. The molecule has 0 unspecified atom stereocenters. The first-order chi connectivity index (χ1) is 12.9. The van der Waals surface area contributed by atoms with Gasteiger partial charge in [-0.15, -0.1) is 0 Å². The number of nitrogens with one attached hydrogen (secondary N) is 1. The highest BCUT2D eigenvalue weighted by molar-refractivity contribution is 6.42. The van der Waals surface area contributed by atoms with E-state index in [-0.39, 0.29) is 18.4 Å². The molecule has 1 fully saturated rings. The number of nitrogens with zero attached hydrogens (tertiary/aromatic N) is 2. The molecule has 8 heteroatoms. The van der Waals surface area contributed by atoms with E-state index in [1.807, 2.05) is 24.3 Å². The van der Waals surface area contributed by atoms with E-state index in [2.05, 4.69) is 10.2 Å². The number of carbonyl (C=O) groups is 2. The Morgan fingerprint density at radius 1 is 0.926 bits per heavy atom. The Morgan fingerprint density at radius 2 is 1.67 bits per heavy atom. The van der Waals surface area contributed by atoms with Gasteiger partial charge in [-0.2, -0.15) is 0 Å². The van der Waals surface area contributed by atoms with Crippen molar-refractivity contribution < 1.29 is 9.59 Å². The molecular weight excluding hydrogens is 409 g/mol. The zero-order chi connectivity index (χ0) is 19.4. The average Bonchev–Trinajstić information content (AvgIpc) is 2.68. The Morgan fingerprint density at radius 3 is 2.33 bits per heavy atom. The zero-order valence-electron chi connectivity index (χ0n) is 14.4. The number of hydrogen-bond donors (Lipinski definition) is 1. The predicted molar refractivity (Wildman–Crippen MR) is 109 cm³/mol. The predicted octanol–water partition coefficient (Wildman–Crippen LogP) is 3.73. The van der Waals surface area contributed by atoms with Gasteiger partial charge in [-0.25, -0.2) is 0 Å². The second kappa shape index (κ2) is 8.83. The fourth-order valence-corrected chi connectivity index (χ4v) is 3.38. The molecule has 1 heterocycles. The van der Waals surface area contributed by atoms with E-state index in [1.165, 1.54) is 6.07 Å². The number of benzene rings is 2. The second-order valence-corrected chi connectivity index (χ2v) is 7.41. The van der Waals surface area contributed by atoms with E-state index in [0.717, 1.165) is 5.69 Å². The lowest BCUT2D eigenvalue weighted by Crippen LogP contribution is -2.51. The minimum absolute atomic E-state index is 0.0593. The topological polar surface area (TPSA) is 52.7 Å². The molecule has 142 valence electrons. The third-order valence-corrected chi connectivity index (χ3v) is 5.36. The van der Waals surface area contributed by atoms with Gasteiger partial charge in [0, 0.05) is 42.5 Å². The van der Waals surface area contributed by atoms with Crippen molar-refractivity contribution in [2.24, 2.45) is 0 Å². The Hall–Kier alpha value is -1.95. The molecule has 0 aliphatic carbocycles. The third-order valence-electron chi connectivity index (χ3n) is 4.39. The van der Waals surface area contributed by atoms with Crippen molar-refractivity contribution in [2.45, 2.75) is 0 Å². The van der Waals surface area contributed by atoms with Crippen molar-refractivity contribution >= 4 is 52.3 Å². The highest BCUT2D eigenvalue weighted by Crippen LogP contribution is 2.23. The Balaban J connectivity index is 1.49. The first-order valence-corrected chi connectivity index (χ1v) is 9.59. The molecule has 2 amide bonds. The number of anilines is 1. The molecule has 1 aliphatic heterocycles. The second-order valence-electron chi connectivity index (χ2n) is 6.16. The van der Waals surface area contributed by atoms with Gasteiger partial charge in [-0.1, -0.05) is 40.9 Å². The molecule has 5 nitrogen and oxygen atoms in total. The van der Waals surface area contributed by atoms with Gasteiger partial charge in [-0.05, 0) is 36.4 Å². The van der Waals surface area contributed by atoms with Crippen LogP contribution in [-0.2, 0) is 4.79 Å². The first-order valence-electron chi connectivity index (χ1n) is 8.45. The molecule has 2 aromatic rings. The molecule has 0 atom stereocenters. The van der Waals surface area contributed by atoms with Crippen molar-refractivity contribution in [1.29, 1.82) is 0 Å². The summed E-state index contributed by atoms with van der Waals surface area (Å²) in [5.41, 5.74) is 1.41. The minimum Gasteiger partial charge on any atom is -0.368 e. The van der Waals surface area contributed by atoms with E-state index >= 15 is 0 Å². The lowest BCUT2D eigenvalue weighted by atomic mass is 10.2. The molecule has 1 N–H and O–H groups in total. The number of hydrogen-bond acceptors (Lipinski definition) is 3. The molecule has 3 rings (SSSR count). The van der Waals surface area contributed by atoms with Crippen molar-refractivity contribution in [2.75, 3.05) is 37.6 Å². The summed E-state index contributed by atoms with van der Waals surface area (Å²) in [6.07, 6.45) is 0. The van der Waals surface area contributed by atoms with Crippen LogP contribution in [-0.4, -0.2) is 49.4 Å². The molecular formula is C19H18Cl3N3O2. The van der Waals surface area contributed by atoms with Crippen LogP contribution in [0.25, 0.3) is 0 Å². The van der Waals surface area contributed by atoms with Crippen LogP contribution in [0.4, 0.5) is 5.69 Å². The third kappa shape index (κ3) is 5.06. The lowest BCUT2D eigenvalue weighted by molar-refractivity contribution is -0.130. The minimum atomic E-state index is -0.362. The lowest BCUT2D eigenvalue weighted by Gasteiger charge is -2.36. The van der Waals surface area contributed by atoms with Gasteiger partial charge in [0.15, 0.2) is 0 Å². The monoisotopic (exact) mass is 425 g/mol. The van der Waals surface area contributed by atoms with Crippen LogP contribution in [0.1, 0.15) is 10.4 Å². The molecule has 0 bridgehead atoms. The maximum Gasteiger partial charge on any atom is 0.251 e. The summed E-state index contributed by atoms with van der Waals surface area (Å²) in [5.74, 6) is -0.478. The maximum atomic E-state index is 12.4. The molecule has 0 spiro atoms. The highest BCUT2D eigenvalue weighted by atomic mass is 35.5. The average molecular weight is 427 g/mol. The Bertz CT molecular complexity index is 852. The maximum absolute atomic E-state index is 12.4. The summed E-state index contributed by atoms with van der Waals surface area (Å²) >= 11 is 17.8. The number of carbonyl (C=O) groups excluding carboxylic acids is 2. The first kappa shape index (κ1) is 19.8. The van der Waals surface area contributed by atoms with Crippen LogP contribution in [0, 0.1) is 0 Å². The van der Waals surface area contributed by atoms with Gasteiger partial charge in [-0.3, -0.25) is 9.59 Å². The molecule has 0 radical (unpaired) electrons. The summed E-state index contributed by atoms with van der Waals surface area (Å²) in [6.45, 7) is 2.55. The number of rotatable bonds is 4. The van der Waals surface area contributed by atoms with E-state index in [9.17, 15) is 9.59 Å². The van der Waals surface area contributed by atoms with Crippen molar-refractivity contribution in [3.8, 4) is 0 Å². The summed E-state index contributed by atoms with van der Waals surface area (Å²) < 4.78 is 0. The van der Waals surface area contributed by atoms with Gasteiger partial charge in [0.25, 0.3) is 5.91 Å². The van der Waals surface area contributed by atoms with Crippen LogP contribution in [0.15, 0.2) is 42.5 Å². The number of halogens is 3. The van der Waals surface area contributed by atoms with Crippen LogP contribution in [0.2, 0.25) is 15.1 Å². The summed E-state index contributed by atoms with van der Waals surface area (Å²) in [4.78, 5) is 28.5. The summed E-state index contributed by atoms with van der Waals surface area (Å²) in [5, 5.41) is 4.00. The summed E-state index contributed by atoms with van der Waals surface area (Å²) in [7, 11) is 0. The largest absolute Gasteiger partial charge is 0.368 e. The van der Waals surface area contributed by atoms with E-state index in [4.69, 9.17) is 34.8 Å². The van der Waals surface area contributed by atoms with E-state index in [0.29, 0.717) is 46.8 Å². The van der Waals surface area contributed by atoms with E-state index < -0.39 is 0 Å². The molecule has 1 aliphatic rings. The van der Waals surface area contributed by atoms with E-state index in [1.54, 1.807) is 17.0 Å². The number of amides is 2. The van der Waals surface area contributed by atoms with Crippen LogP contribution < -0.4 is 10.2 Å². The quantitative estimate of drug-likeness (QED) is 0.810. The van der Waals surface area contributed by atoms with Crippen LogP contribution >= 0.6 is 34.8 Å². The van der Waals surface area contributed by atoms with Crippen LogP contribution in [0.5, 0.6) is 0 Å². The number of piperazine rings is 1. The fourth-order valence-electron chi connectivity index (χ4n) is 2.89. The normalized spacial score (nSPS) is 14.2. The van der Waals surface area contributed by atoms with Crippen molar-refractivity contribution in [1.82, 2.24) is 10.2 Å². The van der Waals surface area contributed by atoms with Gasteiger partial charge in [0.05, 0.1) is 16.6 Å². The van der Waals surface area contributed by atoms with Gasteiger partial charge in [0.2, 0.25) is 5.91 Å². The molecule has 2 aromatic carbocycles. The van der Waals surface area contributed by atoms with Gasteiger partial charge in [0.1, 0.15) is 0 Å². The van der Waals surface area contributed by atoms with Gasteiger partial charge < -0.3 is 15.1 Å². The van der Waals surface area contributed by atoms with Crippen LogP contribution in [0.3, 0.4) is 0 Å². The molecule has 0 aromatic heterocycles. The Kier molecular flexibility index (Phi) is 6.47. The zero-order valence-corrected chi connectivity index (χ0v) is 16.7.